The zero-order valence-electron chi connectivity index (χ0n) is 15.9. The van der Waals surface area contributed by atoms with Crippen LogP contribution in [0.2, 0.25) is 0 Å². The van der Waals surface area contributed by atoms with Gasteiger partial charge in [0, 0.05) is 13.5 Å². The van der Waals surface area contributed by atoms with E-state index in [4.69, 9.17) is 9.47 Å². The minimum absolute atomic E-state index is 0.328. The molecule has 28 heavy (non-hydrogen) atoms. The molecule has 5 heteroatoms. The van der Waals surface area contributed by atoms with Crippen molar-refractivity contribution in [1.29, 1.82) is 0 Å². The maximum absolute atomic E-state index is 12.8. The molecule has 3 aromatic rings. The molecular weight excluding hydrogens is 354 g/mol. The van der Waals surface area contributed by atoms with Crippen LogP contribution in [0.15, 0.2) is 72.8 Å². The number of rotatable bonds is 7. The molecule has 144 valence electrons. The highest BCUT2D eigenvalue weighted by Gasteiger charge is 2.27. The fraction of sp³-hybridized carbons (Fsp3) is 0.217. The van der Waals surface area contributed by atoms with Crippen molar-refractivity contribution in [2.24, 2.45) is 0 Å². The highest BCUT2D eigenvalue weighted by Crippen LogP contribution is 2.19. The Kier molecular flexibility index (Phi) is 6.40. The van der Waals surface area contributed by atoms with E-state index in [1.54, 1.807) is 0 Å². The number of fused-ring (bicyclic) bond motifs is 1. The van der Waals surface area contributed by atoms with Crippen LogP contribution in [-0.2, 0) is 25.5 Å². The number of hydrogen-bond donors (Lipinski definition) is 1. The van der Waals surface area contributed by atoms with Gasteiger partial charge in [-0.3, -0.25) is 4.79 Å². The maximum atomic E-state index is 12.8. The lowest BCUT2D eigenvalue weighted by Crippen LogP contribution is -2.45. The van der Waals surface area contributed by atoms with E-state index in [-0.39, 0.29) is 5.91 Å². The molecule has 5 nitrogen and oxygen atoms in total. The summed E-state index contributed by atoms with van der Waals surface area (Å²) in [4.78, 5) is 25.0. The summed E-state index contributed by atoms with van der Waals surface area (Å²) in [6.45, 7) is 0. The fourth-order valence-electron chi connectivity index (χ4n) is 3.21. The number of carbonyl (C=O) groups is 2. The van der Waals surface area contributed by atoms with Crippen molar-refractivity contribution >= 4 is 22.6 Å². The number of esters is 1. The van der Waals surface area contributed by atoms with Gasteiger partial charge < -0.3 is 14.8 Å². The van der Waals surface area contributed by atoms with Crippen molar-refractivity contribution in [3.63, 3.8) is 0 Å². The summed E-state index contributed by atoms with van der Waals surface area (Å²) in [7, 11) is 2.78. The minimum atomic E-state index is -0.806. The first-order valence-corrected chi connectivity index (χ1v) is 9.06. The zero-order chi connectivity index (χ0) is 19.9. The van der Waals surface area contributed by atoms with Gasteiger partial charge in [0.1, 0.15) is 6.04 Å². The van der Waals surface area contributed by atoms with Crippen molar-refractivity contribution in [1.82, 2.24) is 5.32 Å². The molecule has 1 N–H and O–H groups in total. The van der Waals surface area contributed by atoms with Crippen LogP contribution in [0.3, 0.4) is 0 Å². The highest BCUT2D eigenvalue weighted by molar-refractivity contribution is 5.88. The Morgan fingerprint density at radius 1 is 0.893 bits per heavy atom. The zero-order valence-corrected chi connectivity index (χ0v) is 15.9. The van der Waals surface area contributed by atoms with Crippen LogP contribution in [0.4, 0.5) is 0 Å². The summed E-state index contributed by atoms with van der Waals surface area (Å²) in [5.74, 6) is -0.880. The molecule has 0 aromatic heterocycles. The van der Waals surface area contributed by atoms with Crippen molar-refractivity contribution in [2.45, 2.75) is 18.6 Å². The summed E-state index contributed by atoms with van der Waals surface area (Å²) >= 11 is 0. The largest absolute Gasteiger partial charge is 0.467 e. The highest BCUT2D eigenvalue weighted by atomic mass is 16.5. The predicted octanol–water partition coefficient (Wildman–Crippen LogP) is 3.43. The summed E-state index contributed by atoms with van der Waals surface area (Å²) < 4.78 is 10.3. The van der Waals surface area contributed by atoms with Gasteiger partial charge in [0.05, 0.1) is 7.11 Å². The van der Waals surface area contributed by atoms with Crippen LogP contribution in [0.5, 0.6) is 0 Å². The first-order valence-electron chi connectivity index (χ1n) is 9.06. The third kappa shape index (κ3) is 4.56. The molecule has 1 amide bonds. The van der Waals surface area contributed by atoms with Crippen molar-refractivity contribution < 1.29 is 19.1 Å². The summed E-state index contributed by atoms with van der Waals surface area (Å²) in [5.41, 5.74) is 1.65. The Bertz CT molecular complexity index is 955. The first kappa shape index (κ1) is 19.6. The van der Waals surface area contributed by atoms with Gasteiger partial charge in [0.25, 0.3) is 5.91 Å². The van der Waals surface area contributed by atoms with Gasteiger partial charge in [-0.25, -0.2) is 4.79 Å². The molecule has 0 aliphatic rings. The molecule has 0 bridgehead atoms. The standard InChI is InChI=1S/C23H23NO4/c1-27-21(18-9-4-3-5-10-18)22(25)24-20(23(26)28-2)15-16-12-13-17-8-6-7-11-19(17)14-16/h3-14,20-21H,15H2,1-2H3,(H,24,25)/t20-,21+/m0/s1. The Balaban J connectivity index is 1.79. The van der Waals surface area contributed by atoms with Gasteiger partial charge in [0.15, 0.2) is 6.10 Å². The molecule has 0 aliphatic heterocycles. The smallest absolute Gasteiger partial charge is 0.328 e. The van der Waals surface area contributed by atoms with Crippen LogP contribution < -0.4 is 5.32 Å². The molecule has 0 saturated heterocycles. The van der Waals surface area contributed by atoms with Crippen molar-refractivity contribution in [3.8, 4) is 0 Å². The van der Waals surface area contributed by atoms with E-state index in [2.05, 4.69) is 5.32 Å². The number of amides is 1. The van der Waals surface area contributed by atoms with E-state index < -0.39 is 18.1 Å². The van der Waals surface area contributed by atoms with Crippen LogP contribution in [-0.4, -0.2) is 32.1 Å². The number of carbonyl (C=O) groups excluding carboxylic acids is 2. The molecule has 0 aliphatic carbocycles. The van der Waals surface area contributed by atoms with Crippen LogP contribution in [0.25, 0.3) is 10.8 Å². The van der Waals surface area contributed by atoms with Crippen LogP contribution in [0.1, 0.15) is 17.2 Å². The third-order valence-electron chi connectivity index (χ3n) is 4.63. The normalized spacial score (nSPS) is 12.9. The lowest BCUT2D eigenvalue weighted by atomic mass is 10.0. The molecule has 0 heterocycles. The lowest BCUT2D eigenvalue weighted by molar-refractivity contribution is -0.146. The van der Waals surface area contributed by atoms with Crippen molar-refractivity contribution in [2.75, 3.05) is 14.2 Å². The van der Waals surface area contributed by atoms with Gasteiger partial charge in [-0.2, -0.15) is 0 Å². The average molecular weight is 377 g/mol. The maximum Gasteiger partial charge on any atom is 0.328 e. The molecule has 0 spiro atoms. The fourth-order valence-corrected chi connectivity index (χ4v) is 3.21. The van der Waals surface area contributed by atoms with E-state index >= 15 is 0 Å². The van der Waals surface area contributed by atoms with Gasteiger partial charge in [-0.1, -0.05) is 72.8 Å². The predicted molar refractivity (Wildman–Crippen MR) is 108 cm³/mol. The Morgan fingerprint density at radius 2 is 1.57 bits per heavy atom. The van der Waals surface area contributed by atoms with E-state index in [1.165, 1.54) is 14.2 Å². The molecule has 0 unspecified atom stereocenters. The quantitative estimate of drug-likeness (QED) is 0.641. The first-order chi connectivity index (χ1) is 13.6. The van der Waals surface area contributed by atoms with E-state index in [0.717, 1.165) is 21.9 Å². The van der Waals surface area contributed by atoms with Crippen LogP contribution >= 0.6 is 0 Å². The number of benzene rings is 3. The monoisotopic (exact) mass is 377 g/mol. The second kappa shape index (κ2) is 9.15. The topological polar surface area (TPSA) is 64.6 Å². The molecule has 0 saturated carbocycles. The molecule has 2 atom stereocenters. The molecule has 0 fully saturated rings. The van der Waals surface area contributed by atoms with E-state index in [9.17, 15) is 9.59 Å². The number of ether oxygens (including phenoxy) is 2. The van der Waals surface area contributed by atoms with Gasteiger partial charge >= 0.3 is 5.97 Å². The second-order valence-corrected chi connectivity index (χ2v) is 6.50. The van der Waals surface area contributed by atoms with E-state index in [1.807, 2.05) is 72.8 Å². The van der Waals surface area contributed by atoms with Gasteiger partial charge in [-0.05, 0) is 21.9 Å². The number of nitrogens with one attached hydrogen (secondary N) is 1. The molecular formula is C23H23NO4. The summed E-state index contributed by atoms with van der Waals surface area (Å²) in [6, 6.07) is 22.3. The van der Waals surface area contributed by atoms with Crippen molar-refractivity contribution in [3.05, 3.63) is 83.9 Å². The number of hydrogen-bond acceptors (Lipinski definition) is 4. The summed E-state index contributed by atoms with van der Waals surface area (Å²) in [6.07, 6.45) is -0.473. The lowest BCUT2D eigenvalue weighted by Gasteiger charge is -2.21. The molecule has 3 rings (SSSR count). The Hall–Kier alpha value is -3.18. The Labute approximate surface area is 164 Å². The SMILES string of the molecule is COC(=O)[C@H](Cc1ccc2ccccc2c1)NC(=O)[C@H](OC)c1ccccc1. The van der Waals surface area contributed by atoms with E-state index in [0.29, 0.717) is 6.42 Å². The number of methoxy groups -OCH3 is 2. The third-order valence-corrected chi connectivity index (χ3v) is 4.63. The van der Waals surface area contributed by atoms with Gasteiger partial charge in [-0.15, -0.1) is 0 Å². The van der Waals surface area contributed by atoms with Gasteiger partial charge in [0.2, 0.25) is 0 Å². The second-order valence-electron chi connectivity index (χ2n) is 6.50. The molecule has 0 radical (unpaired) electrons. The average Bonchev–Trinajstić information content (AvgIpc) is 2.74. The molecule has 3 aromatic carbocycles. The Morgan fingerprint density at radius 3 is 2.25 bits per heavy atom. The minimum Gasteiger partial charge on any atom is -0.467 e. The summed E-state index contributed by atoms with van der Waals surface area (Å²) in [5, 5.41) is 4.97. The van der Waals surface area contributed by atoms with Crippen LogP contribution in [0, 0.1) is 0 Å².